The van der Waals surface area contributed by atoms with E-state index in [2.05, 4.69) is 19.9 Å². The molecular formula is C18H24O4. The zero-order chi connectivity index (χ0) is 16.0. The Morgan fingerprint density at radius 2 is 2.05 bits per heavy atom. The molecular weight excluding hydrogens is 280 g/mol. The average molecular weight is 304 g/mol. The molecule has 120 valence electrons. The first kappa shape index (κ1) is 14.4. The van der Waals surface area contributed by atoms with Gasteiger partial charge in [0.25, 0.3) is 0 Å². The van der Waals surface area contributed by atoms with Crippen molar-refractivity contribution in [2.75, 3.05) is 0 Å². The van der Waals surface area contributed by atoms with Gasteiger partial charge in [-0.05, 0) is 49.5 Å². The summed E-state index contributed by atoms with van der Waals surface area (Å²) in [7, 11) is 0. The van der Waals surface area contributed by atoms with Crippen molar-refractivity contribution in [3.05, 3.63) is 12.2 Å². The Labute approximate surface area is 130 Å². The quantitative estimate of drug-likeness (QED) is 0.870. The summed E-state index contributed by atoms with van der Waals surface area (Å²) >= 11 is 0. The van der Waals surface area contributed by atoms with E-state index in [0.29, 0.717) is 6.42 Å². The van der Waals surface area contributed by atoms with E-state index in [1.165, 1.54) is 0 Å². The molecule has 0 aromatic carbocycles. The topological polar surface area (TPSA) is 63.6 Å². The van der Waals surface area contributed by atoms with Crippen LogP contribution in [0.3, 0.4) is 0 Å². The van der Waals surface area contributed by atoms with Crippen molar-refractivity contribution < 1.29 is 19.4 Å². The van der Waals surface area contributed by atoms with E-state index in [9.17, 15) is 9.59 Å². The number of carboxylic acids is 1. The molecule has 2 aliphatic heterocycles. The third-order valence-corrected chi connectivity index (χ3v) is 6.91. The molecule has 0 amide bonds. The van der Waals surface area contributed by atoms with Gasteiger partial charge in [0.05, 0.1) is 11.7 Å². The number of hydrogen-bond acceptors (Lipinski definition) is 3. The van der Waals surface area contributed by atoms with Crippen molar-refractivity contribution in [3.8, 4) is 0 Å². The zero-order valence-electron chi connectivity index (χ0n) is 13.5. The first-order chi connectivity index (χ1) is 10.1. The van der Waals surface area contributed by atoms with Gasteiger partial charge in [-0.2, -0.15) is 0 Å². The number of carbonyl (C=O) groups is 2. The maximum Gasteiger partial charge on any atom is 0.303 e. The molecule has 4 fully saturated rings. The SMILES string of the molecule is CC12CC3(C)CC4(C=CC(=O)[C@@](C)(CCC(=O)O)C4C3O1)C2. The molecule has 2 saturated heterocycles. The number of ether oxygens (including phenoxy) is 1. The molecule has 22 heavy (non-hydrogen) atoms. The lowest BCUT2D eigenvalue weighted by Gasteiger charge is -2.54. The van der Waals surface area contributed by atoms with Gasteiger partial charge in [-0.25, -0.2) is 0 Å². The van der Waals surface area contributed by atoms with Crippen molar-refractivity contribution in [2.45, 2.75) is 64.6 Å². The summed E-state index contributed by atoms with van der Waals surface area (Å²) in [6.45, 7) is 6.45. The van der Waals surface area contributed by atoms with E-state index in [1.807, 2.05) is 6.92 Å². The molecule has 3 aliphatic carbocycles. The molecule has 5 aliphatic rings. The van der Waals surface area contributed by atoms with Gasteiger partial charge in [0.1, 0.15) is 0 Å². The summed E-state index contributed by atoms with van der Waals surface area (Å²) in [5.41, 5.74) is -0.545. The lowest BCUT2D eigenvalue weighted by Crippen LogP contribution is -2.55. The molecule has 0 aromatic heterocycles. The largest absolute Gasteiger partial charge is 0.481 e. The minimum absolute atomic E-state index is 0.0197. The van der Waals surface area contributed by atoms with Crippen molar-refractivity contribution >= 4 is 11.8 Å². The number of ketones is 1. The predicted molar refractivity (Wildman–Crippen MR) is 80.3 cm³/mol. The van der Waals surface area contributed by atoms with Crippen LogP contribution in [0.15, 0.2) is 12.2 Å². The Morgan fingerprint density at radius 1 is 1.32 bits per heavy atom. The third-order valence-electron chi connectivity index (χ3n) is 6.91. The van der Waals surface area contributed by atoms with Gasteiger partial charge in [-0.1, -0.05) is 19.9 Å². The molecule has 4 bridgehead atoms. The number of hydrogen-bond donors (Lipinski definition) is 1. The molecule has 0 aromatic rings. The number of carbonyl (C=O) groups excluding carboxylic acids is 1. The van der Waals surface area contributed by atoms with Crippen LogP contribution >= 0.6 is 0 Å². The first-order valence-corrected chi connectivity index (χ1v) is 8.26. The van der Waals surface area contributed by atoms with E-state index < -0.39 is 11.4 Å². The summed E-state index contributed by atoms with van der Waals surface area (Å²) < 4.78 is 6.42. The predicted octanol–water partition coefficient (Wildman–Crippen LogP) is 2.96. The normalized spacial score (nSPS) is 54.8. The van der Waals surface area contributed by atoms with Crippen molar-refractivity contribution in [3.63, 3.8) is 0 Å². The van der Waals surface area contributed by atoms with Crippen molar-refractivity contribution in [2.24, 2.45) is 22.2 Å². The van der Waals surface area contributed by atoms with Gasteiger partial charge >= 0.3 is 5.97 Å². The monoisotopic (exact) mass is 304 g/mol. The standard InChI is InChI=1S/C18H24O4/c1-15-8-16(2)10-18(9-15)7-4-11(19)17(3,6-5-12(20)21)13(18)14(15)22-16/h4,7,13-14H,5-6,8-10H2,1-3H3,(H,20,21)/t13?,14?,15?,16?,17-,18?/m1/s1. The lowest BCUT2D eigenvalue weighted by atomic mass is 9.53. The highest BCUT2D eigenvalue weighted by molar-refractivity contribution is 5.96. The molecule has 1 spiro atoms. The Balaban J connectivity index is 1.80. The first-order valence-electron chi connectivity index (χ1n) is 8.26. The Bertz CT molecular complexity index is 606. The van der Waals surface area contributed by atoms with Crippen LogP contribution in [0.1, 0.15) is 52.9 Å². The summed E-state index contributed by atoms with van der Waals surface area (Å²) in [6.07, 6.45) is 7.49. The van der Waals surface area contributed by atoms with E-state index in [-0.39, 0.29) is 40.7 Å². The van der Waals surface area contributed by atoms with E-state index in [0.717, 1.165) is 19.3 Å². The van der Waals surface area contributed by atoms with Crippen LogP contribution < -0.4 is 0 Å². The highest BCUT2D eigenvalue weighted by Crippen LogP contribution is 2.75. The van der Waals surface area contributed by atoms with Crippen LogP contribution in [0.25, 0.3) is 0 Å². The summed E-state index contributed by atoms with van der Waals surface area (Å²) in [4.78, 5) is 23.7. The summed E-state index contributed by atoms with van der Waals surface area (Å²) in [5.74, 6) is -0.626. The molecule has 5 rings (SSSR count). The smallest absolute Gasteiger partial charge is 0.303 e. The minimum atomic E-state index is -0.829. The second-order valence-corrected chi connectivity index (χ2v) is 8.89. The molecule has 2 saturated carbocycles. The molecule has 2 heterocycles. The fourth-order valence-corrected chi connectivity index (χ4v) is 6.64. The number of rotatable bonds is 3. The minimum Gasteiger partial charge on any atom is -0.481 e. The molecule has 1 N–H and O–H groups in total. The van der Waals surface area contributed by atoms with Gasteiger partial charge in [0.2, 0.25) is 0 Å². The highest BCUT2D eigenvalue weighted by Gasteiger charge is 2.75. The molecule has 5 unspecified atom stereocenters. The average Bonchev–Trinajstić information content (AvgIpc) is 2.69. The van der Waals surface area contributed by atoms with Crippen molar-refractivity contribution in [1.82, 2.24) is 0 Å². The lowest BCUT2D eigenvalue weighted by molar-refractivity contribution is -0.171. The Kier molecular flexibility index (Phi) is 2.52. The molecule has 0 radical (unpaired) electrons. The van der Waals surface area contributed by atoms with Gasteiger partial charge in [0, 0.05) is 17.8 Å². The maximum absolute atomic E-state index is 12.7. The number of aliphatic carboxylic acids is 1. The number of carboxylic acid groups (broad SMARTS) is 1. The zero-order valence-corrected chi connectivity index (χ0v) is 13.5. The van der Waals surface area contributed by atoms with E-state index in [1.54, 1.807) is 6.08 Å². The third kappa shape index (κ3) is 1.57. The van der Waals surface area contributed by atoms with Gasteiger partial charge in [-0.15, -0.1) is 0 Å². The van der Waals surface area contributed by atoms with E-state index in [4.69, 9.17) is 9.84 Å². The van der Waals surface area contributed by atoms with Gasteiger partial charge < -0.3 is 9.84 Å². The van der Waals surface area contributed by atoms with E-state index >= 15 is 0 Å². The molecule has 4 nitrogen and oxygen atoms in total. The van der Waals surface area contributed by atoms with Crippen LogP contribution in [-0.4, -0.2) is 28.6 Å². The molecule has 6 atom stereocenters. The second-order valence-electron chi connectivity index (χ2n) is 8.89. The maximum atomic E-state index is 12.7. The Morgan fingerprint density at radius 3 is 2.73 bits per heavy atom. The van der Waals surface area contributed by atoms with Crippen LogP contribution in [0, 0.1) is 22.2 Å². The molecule has 4 heteroatoms. The van der Waals surface area contributed by atoms with Crippen LogP contribution in [0.4, 0.5) is 0 Å². The fraction of sp³-hybridized carbons (Fsp3) is 0.778. The second kappa shape index (κ2) is 3.84. The summed E-state index contributed by atoms with van der Waals surface area (Å²) in [6, 6.07) is 0. The highest BCUT2D eigenvalue weighted by atomic mass is 16.5. The number of allylic oxidation sites excluding steroid dienone is 2. The van der Waals surface area contributed by atoms with Crippen LogP contribution in [0.5, 0.6) is 0 Å². The van der Waals surface area contributed by atoms with Crippen molar-refractivity contribution in [1.29, 1.82) is 0 Å². The van der Waals surface area contributed by atoms with Crippen LogP contribution in [-0.2, 0) is 14.3 Å². The van der Waals surface area contributed by atoms with Gasteiger partial charge in [-0.3, -0.25) is 9.59 Å². The van der Waals surface area contributed by atoms with Gasteiger partial charge in [0.15, 0.2) is 5.78 Å². The fourth-order valence-electron chi connectivity index (χ4n) is 6.64. The Hall–Kier alpha value is -1.16. The van der Waals surface area contributed by atoms with Crippen LogP contribution in [0.2, 0.25) is 0 Å². The summed E-state index contributed by atoms with van der Waals surface area (Å²) in [5, 5.41) is 9.08.